The number of aryl methyl sites for hydroxylation is 1. The van der Waals surface area contributed by atoms with Gasteiger partial charge in [-0.3, -0.25) is 4.79 Å². The van der Waals surface area contributed by atoms with Gasteiger partial charge in [0.1, 0.15) is 0 Å². The average Bonchev–Trinajstić information content (AvgIpc) is 2.99. The van der Waals surface area contributed by atoms with Gasteiger partial charge >= 0.3 is 0 Å². The normalized spacial score (nSPS) is 10.8. The molecule has 0 unspecified atom stereocenters. The summed E-state index contributed by atoms with van der Waals surface area (Å²) in [6.45, 7) is 0.516. The second-order valence-corrected chi connectivity index (χ2v) is 5.66. The van der Waals surface area contributed by atoms with E-state index < -0.39 is 0 Å². The lowest BCUT2D eigenvalue weighted by Crippen LogP contribution is -2.22. The van der Waals surface area contributed by atoms with Gasteiger partial charge in [0.2, 0.25) is 0 Å². The van der Waals surface area contributed by atoms with Gasteiger partial charge in [-0.25, -0.2) is 4.98 Å². The van der Waals surface area contributed by atoms with Crippen LogP contribution in [0.1, 0.15) is 15.9 Å². The Kier molecular flexibility index (Phi) is 3.15. The maximum atomic E-state index is 12.1. The van der Waals surface area contributed by atoms with Crippen LogP contribution in [0.3, 0.4) is 0 Å². The molecular weight excluding hydrogens is 272 g/mol. The molecular formula is C14H14N4OS. The zero-order chi connectivity index (χ0) is 14.1. The van der Waals surface area contributed by atoms with Crippen LogP contribution in [0, 0.1) is 0 Å². The number of carbonyl (C=O) groups excluding carboxylic acids is 1. The predicted molar refractivity (Wildman–Crippen MR) is 80.6 cm³/mol. The molecule has 1 aromatic carbocycles. The van der Waals surface area contributed by atoms with E-state index >= 15 is 0 Å². The van der Waals surface area contributed by atoms with Crippen LogP contribution in [0.25, 0.3) is 10.2 Å². The van der Waals surface area contributed by atoms with Crippen molar-refractivity contribution >= 4 is 32.6 Å². The van der Waals surface area contributed by atoms with Crippen molar-refractivity contribution in [2.75, 3.05) is 5.73 Å². The molecule has 3 rings (SSSR count). The zero-order valence-electron chi connectivity index (χ0n) is 11.0. The minimum Gasteiger partial charge on any atom is -0.375 e. The Morgan fingerprint density at radius 3 is 3.05 bits per heavy atom. The number of nitrogen functional groups attached to an aromatic ring is 1. The number of rotatable bonds is 3. The summed E-state index contributed by atoms with van der Waals surface area (Å²) in [5, 5.41) is 3.42. The average molecular weight is 286 g/mol. The molecule has 0 fully saturated rings. The van der Waals surface area contributed by atoms with E-state index in [1.807, 2.05) is 42.2 Å². The minimum absolute atomic E-state index is 0.0947. The number of nitrogens with zero attached hydrogens (tertiary/aromatic N) is 2. The molecule has 5 nitrogen and oxygen atoms in total. The summed E-state index contributed by atoms with van der Waals surface area (Å²) in [7, 11) is 1.95. The van der Waals surface area contributed by atoms with Gasteiger partial charge < -0.3 is 15.6 Å². The molecule has 0 radical (unpaired) electrons. The number of hydrogen-bond acceptors (Lipinski definition) is 4. The summed E-state index contributed by atoms with van der Waals surface area (Å²) in [6.07, 6.45) is 3.93. The van der Waals surface area contributed by atoms with Crippen LogP contribution < -0.4 is 11.1 Å². The highest BCUT2D eigenvalue weighted by atomic mass is 32.1. The van der Waals surface area contributed by atoms with E-state index in [4.69, 9.17) is 5.73 Å². The molecule has 0 saturated carbocycles. The molecule has 3 aromatic rings. The highest BCUT2D eigenvalue weighted by Crippen LogP contribution is 2.24. The van der Waals surface area contributed by atoms with Crippen LogP contribution >= 0.6 is 11.3 Å². The Balaban J connectivity index is 1.74. The number of amides is 1. The number of anilines is 1. The van der Waals surface area contributed by atoms with E-state index in [9.17, 15) is 4.79 Å². The fraction of sp³-hybridized carbons (Fsp3) is 0.143. The van der Waals surface area contributed by atoms with Crippen molar-refractivity contribution in [1.29, 1.82) is 0 Å². The van der Waals surface area contributed by atoms with Crippen molar-refractivity contribution in [2.45, 2.75) is 6.54 Å². The first-order valence-electron chi connectivity index (χ1n) is 6.17. The molecule has 3 N–H and O–H groups in total. The van der Waals surface area contributed by atoms with Crippen molar-refractivity contribution < 1.29 is 4.79 Å². The Bertz CT molecular complexity index is 774. The van der Waals surface area contributed by atoms with Gasteiger partial charge in [0, 0.05) is 31.5 Å². The van der Waals surface area contributed by atoms with E-state index in [1.165, 1.54) is 11.3 Å². The monoisotopic (exact) mass is 286 g/mol. The molecule has 1 amide bonds. The largest absolute Gasteiger partial charge is 0.375 e. The molecule has 0 aliphatic heterocycles. The van der Waals surface area contributed by atoms with Crippen molar-refractivity contribution in [1.82, 2.24) is 14.9 Å². The Labute approximate surface area is 120 Å². The fourth-order valence-corrected chi connectivity index (χ4v) is 2.81. The van der Waals surface area contributed by atoms with Gasteiger partial charge in [0.25, 0.3) is 5.91 Å². The molecule has 0 saturated heterocycles. The standard InChI is InChI=1S/C14H14N4OS/c1-18-5-4-9(8-18)7-16-13(19)10-2-3-11-12(6-10)20-14(15)17-11/h2-6,8H,7H2,1H3,(H2,15,17)(H,16,19). The van der Waals surface area contributed by atoms with E-state index in [1.54, 1.807) is 6.07 Å². The number of hydrogen-bond donors (Lipinski definition) is 2. The van der Waals surface area contributed by atoms with E-state index in [-0.39, 0.29) is 5.91 Å². The van der Waals surface area contributed by atoms with Crippen LogP contribution in [0.5, 0.6) is 0 Å². The molecule has 20 heavy (non-hydrogen) atoms. The van der Waals surface area contributed by atoms with E-state index in [0.29, 0.717) is 17.2 Å². The lowest BCUT2D eigenvalue weighted by atomic mass is 10.2. The molecule has 2 aromatic heterocycles. The third kappa shape index (κ3) is 2.50. The molecule has 0 aliphatic rings. The van der Waals surface area contributed by atoms with Crippen LogP contribution in [0.4, 0.5) is 5.13 Å². The number of thiazole rings is 1. The highest BCUT2D eigenvalue weighted by molar-refractivity contribution is 7.22. The number of nitrogens with two attached hydrogens (primary N) is 1. The Morgan fingerprint density at radius 2 is 2.30 bits per heavy atom. The molecule has 2 heterocycles. The van der Waals surface area contributed by atoms with Crippen molar-refractivity contribution in [3.63, 3.8) is 0 Å². The SMILES string of the molecule is Cn1ccc(CNC(=O)c2ccc3nc(N)sc3c2)c1. The lowest BCUT2D eigenvalue weighted by Gasteiger charge is -2.03. The van der Waals surface area contributed by atoms with Gasteiger partial charge in [-0.2, -0.15) is 0 Å². The van der Waals surface area contributed by atoms with Crippen LogP contribution in [0.15, 0.2) is 36.7 Å². The molecule has 0 bridgehead atoms. The molecule has 102 valence electrons. The summed E-state index contributed by atoms with van der Waals surface area (Å²) >= 11 is 1.38. The minimum atomic E-state index is -0.0947. The van der Waals surface area contributed by atoms with Gasteiger partial charge in [-0.1, -0.05) is 11.3 Å². The number of nitrogens with one attached hydrogen (secondary N) is 1. The van der Waals surface area contributed by atoms with Crippen LogP contribution in [-0.4, -0.2) is 15.5 Å². The molecule has 6 heteroatoms. The van der Waals surface area contributed by atoms with E-state index in [2.05, 4.69) is 10.3 Å². The third-order valence-corrected chi connectivity index (χ3v) is 3.86. The van der Waals surface area contributed by atoms with Crippen molar-refractivity contribution in [2.24, 2.45) is 7.05 Å². The first-order valence-corrected chi connectivity index (χ1v) is 6.98. The summed E-state index contributed by atoms with van der Waals surface area (Å²) in [4.78, 5) is 16.3. The third-order valence-electron chi connectivity index (χ3n) is 3.01. The van der Waals surface area contributed by atoms with Gasteiger partial charge in [-0.05, 0) is 29.8 Å². The van der Waals surface area contributed by atoms with Crippen LogP contribution in [0.2, 0.25) is 0 Å². The maximum absolute atomic E-state index is 12.1. The summed E-state index contributed by atoms with van der Waals surface area (Å²) in [5.41, 5.74) is 8.18. The number of fused-ring (bicyclic) bond motifs is 1. The predicted octanol–water partition coefficient (Wildman–Crippen LogP) is 2.15. The summed E-state index contributed by atoms with van der Waals surface area (Å²) in [6, 6.07) is 7.39. The van der Waals surface area contributed by atoms with Gasteiger partial charge in [0.15, 0.2) is 5.13 Å². The van der Waals surface area contributed by atoms with Gasteiger partial charge in [-0.15, -0.1) is 0 Å². The Hall–Kier alpha value is -2.34. The summed E-state index contributed by atoms with van der Waals surface area (Å²) < 4.78 is 2.88. The molecule has 0 atom stereocenters. The summed E-state index contributed by atoms with van der Waals surface area (Å²) in [5.74, 6) is -0.0947. The molecule has 0 spiro atoms. The van der Waals surface area contributed by atoms with Gasteiger partial charge in [0.05, 0.1) is 10.2 Å². The highest BCUT2D eigenvalue weighted by Gasteiger charge is 2.08. The second-order valence-electron chi connectivity index (χ2n) is 4.60. The first-order chi connectivity index (χ1) is 9.61. The number of benzene rings is 1. The number of aromatic nitrogens is 2. The second kappa shape index (κ2) is 4.97. The number of carbonyl (C=O) groups is 1. The first kappa shape index (κ1) is 12.7. The van der Waals surface area contributed by atoms with Crippen LogP contribution in [-0.2, 0) is 13.6 Å². The van der Waals surface area contributed by atoms with Crippen molar-refractivity contribution in [3.05, 3.63) is 47.8 Å². The Morgan fingerprint density at radius 1 is 1.45 bits per heavy atom. The van der Waals surface area contributed by atoms with Crippen molar-refractivity contribution in [3.8, 4) is 0 Å². The fourth-order valence-electron chi connectivity index (χ4n) is 2.03. The maximum Gasteiger partial charge on any atom is 0.251 e. The smallest absolute Gasteiger partial charge is 0.251 e. The zero-order valence-corrected chi connectivity index (χ0v) is 11.8. The lowest BCUT2D eigenvalue weighted by molar-refractivity contribution is 0.0951. The quantitative estimate of drug-likeness (QED) is 0.775. The topological polar surface area (TPSA) is 72.9 Å². The van der Waals surface area contributed by atoms with E-state index in [0.717, 1.165) is 15.8 Å². The molecule has 0 aliphatic carbocycles.